The number of nitrogens with zero attached hydrogens (tertiary/aromatic N) is 2. The quantitative estimate of drug-likeness (QED) is 0.465. The van der Waals surface area contributed by atoms with E-state index in [1.54, 1.807) is 0 Å². The first kappa shape index (κ1) is 23.7. The molecular weight excluding hydrogens is 430 g/mol. The Balaban J connectivity index is 1.65. The largest absolute Gasteiger partial charge is 0.507 e. The van der Waals surface area contributed by atoms with Crippen LogP contribution in [0.1, 0.15) is 72.6 Å². The average Bonchev–Trinajstić information content (AvgIpc) is 3.35. The highest BCUT2D eigenvalue weighted by Gasteiger charge is 2.31. The molecule has 1 amide bonds. The van der Waals surface area contributed by atoms with Gasteiger partial charge < -0.3 is 19.9 Å². The number of amides is 1. The van der Waals surface area contributed by atoms with E-state index >= 15 is 0 Å². The number of allylic oxidation sites excluding steroid dienone is 2. The van der Waals surface area contributed by atoms with Gasteiger partial charge in [-0.3, -0.25) is 4.79 Å². The Bertz CT molecular complexity index is 1080. The van der Waals surface area contributed by atoms with E-state index in [1.807, 2.05) is 40.7 Å². The van der Waals surface area contributed by atoms with Crippen LogP contribution in [0.5, 0.6) is 11.5 Å². The number of benzene rings is 1. The van der Waals surface area contributed by atoms with Gasteiger partial charge >= 0.3 is 5.97 Å². The zero-order valence-corrected chi connectivity index (χ0v) is 20.1. The first-order valence-electron chi connectivity index (χ1n) is 10.4. The van der Waals surface area contributed by atoms with Crippen molar-refractivity contribution in [3.63, 3.8) is 0 Å². The van der Waals surface area contributed by atoms with E-state index < -0.39 is 5.97 Å². The number of methoxy groups -OCH3 is 1. The first-order chi connectivity index (χ1) is 15.0. The second-order valence-corrected chi connectivity index (χ2v) is 9.86. The molecule has 32 heavy (non-hydrogen) atoms. The number of rotatable bonds is 7. The number of anilines is 1. The third-order valence-corrected chi connectivity index (χ3v) is 6.63. The lowest BCUT2D eigenvalue weighted by Crippen LogP contribution is -2.11. The van der Waals surface area contributed by atoms with Crippen LogP contribution in [0.3, 0.4) is 0 Å². The maximum absolute atomic E-state index is 12.3. The third-order valence-electron chi connectivity index (χ3n) is 5.36. The molecule has 2 aromatic rings. The molecule has 8 nitrogen and oxygen atoms in total. The molecule has 1 aromatic heterocycles. The summed E-state index contributed by atoms with van der Waals surface area (Å²) in [5.41, 5.74) is 3.08. The number of carbonyl (C=O) groups is 2. The topological polar surface area (TPSA) is 111 Å². The summed E-state index contributed by atoms with van der Waals surface area (Å²) in [5, 5.41) is 23.0. The Morgan fingerprint density at radius 3 is 2.66 bits per heavy atom. The van der Waals surface area contributed by atoms with Crippen LogP contribution >= 0.6 is 11.3 Å². The fourth-order valence-electron chi connectivity index (χ4n) is 3.48. The first-order valence-corrected chi connectivity index (χ1v) is 11.2. The van der Waals surface area contributed by atoms with E-state index in [0.29, 0.717) is 41.3 Å². The molecule has 0 spiro atoms. The fourth-order valence-corrected chi connectivity index (χ4v) is 4.29. The molecule has 0 bridgehead atoms. The van der Waals surface area contributed by atoms with Gasteiger partial charge in [-0.15, -0.1) is 10.2 Å². The van der Waals surface area contributed by atoms with Crippen LogP contribution in [-0.2, 0) is 28.0 Å². The van der Waals surface area contributed by atoms with E-state index in [0.717, 1.165) is 16.1 Å². The molecule has 0 saturated heterocycles. The van der Waals surface area contributed by atoms with Crippen molar-refractivity contribution in [2.75, 3.05) is 12.4 Å². The number of fused-ring (bicyclic) bond motifs is 1. The van der Waals surface area contributed by atoms with Gasteiger partial charge in [0.1, 0.15) is 28.7 Å². The third kappa shape index (κ3) is 4.93. The molecule has 0 fully saturated rings. The zero-order chi connectivity index (χ0) is 23.6. The number of carbonyl (C=O) groups excluding carboxylic acids is 2. The fraction of sp³-hybridized carbons (Fsp3) is 0.478. The van der Waals surface area contributed by atoms with Gasteiger partial charge in [0, 0.05) is 23.0 Å². The van der Waals surface area contributed by atoms with Gasteiger partial charge in [-0.05, 0) is 32.3 Å². The summed E-state index contributed by atoms with van der Waals surface area (Å²) in [6.07, 6.45) is 3.14. The van der Waals surface area contributed by atoms with Gasteiger partial charge in [0.25, 0.3) is 0 Å². The molecule has 0 atom stereocenters. The van der Waals surface area contributed by atoms with Gasteiger partial charge in [-0.2, -0.15) is 0 Å². The van der Waals surface area contributed by atoms with Crippen LogP contribution in [0, 0.1) is 6.92 Å². The number of nitrogens with one attached hydrogen (secondary N) is 1. The number of phenols is 1. The van der Waals surface area contributed by atoms with E-state index in [2.05, 4.69) is 15.5 Å². The summed E-state index contributed by atoms with van der Waals surface area (Å²) < 4.78 is 10.6. The predicted octanol–water partition coefficient (Wildman–Crippen LogP) is 4.44. The number of hydrogen-bond acceptors (Lipinski definition) is 8. The zero-order valence-electron chi connectivity index (χ0n) is 19.3. The minimum atomic E-state index is -0.520. The van der Waals surface area contributed by atoms with Crippen LogP contribution in [0.2, 0.25) is 0 Å². The van der Waals surface area contributed by atoms with E-state index in [1.165, 1.54) is 18.4 Å². The number of cyclic esters (lactones) is 1. The Hall–Kier alpha value is -2.94. The average molecular weight is 460 g/mol. The summed E-state index contributed by atoms with van der Waals surface area (Å²) in [6.45, 7) is 10.1. The van der Waals surface area contributed by atoms with Crippen LogP contribution in [0.4, 0.5) is 5.13 Å². The van der Waals surface area contributed by atoms with Crippen molar-refractivity contribution in [1.29, 1.82) is 0 Å². The van der Waals surface area contributed by atoms with E-state index in [-0.39, 0.29) is 29.2 Å². The van der Waals surface area contributed by atoms with Gasteiger partial charge in [0.15, 0.2) is 0 Å². The molecule has 2 heterocycles. The molecule has 1 aromatic carbocycles. The van der Waals surface area contributed by atoms with Gasteiger partial charge in [0.2, 0.25) is 11.0 Å². The molecule has 0 radical (unpaired) electrons. The summed E-state index contributed by atoms with van der Waals surface area (Å²) in [6, 6.07) is 0. The summed E-state index contributed by atoms with van der Waals surface area (Å²) in [5.74, 6) is -0.205. The molecule has 0 aliphatic carbocycles. The number of phenolic OH excluding ortho intramolecular Hbond substituents is 1. The second kappa shape index (κ2) is 9.28. The number of esters is 1. The highest BCUT2D eigenvalue weighted by atomic mass is 32.1. The minimum Gasteiger partial charge on any atom is -0.507 e. The molecule has 3 rings (SSSR count). The molecule has 2 N–H and O–H groups in total. The monoisotopic (exact) mass is 459 g/mol. The lowest BCUT2D eigenvalue weighted by atomic mass is 9.94. The number of hydrogen-bond donors (Lipinski definition) is 2. The Morgan fingerprint density at radius 2 is 2.03 bits per heavy atom. The van der Waals surface area contributed by atoms with Gasteiger partial charge in [-0.1, -0.05) is 43.8 Å². The SMILES string of the molecule is COc1c(C)c2c(c(O)c1CC=C(C)CCC(=O)Nc1nnc(C(C)(C)C)s1)C(=O)OC2. The van der Waals surface area contributed by atoms with Crippen molar-refractivity contribution < 1.29 is 24.2 Å². The number of aromatic hydroxyl groups is 1. The molecule has 9 heteroatoms. The van der Waals surface area contributed by atoms with Crippen LogP contribution in [0.25, 0.3) is 0 Å². The predicted molar refractivity (Wildman–Crippen MR) is 122 cm³/mol. The maximum atomic E-state index is 12.3. The van der Waals surface area contributed by atoms with Crippen molar-refractivity contribution in [2.24, 2.45) is 0 Å². The van der Waals surface area contributed by atoms with E-state index in [9.17, 15) is 14.7 Å². The lowest BCUT2D eigenvalue weighted by Gasteiger charge is -2.15. The van der Waals surface area contributed by atoms with Crippen LogP contribution in [0.15, 0.2) is 11.6 Å². The van der Waals surface area contributed by atoms with E-state index in [4.69, 9.17) is 9.47 Å². The molecule has 1 aliphatic rings. The summed E-state index contributed by atoms with van der Waals surface area (Å²) >= 11 is 1.38. The summed E-state index contributed by atoms with van der Waals surface area (Å²) in [7, 11) is 1.54. The van der Waals surface area contributed by atoms with Crippen molar-refractivity contribution in [1.82, 2.24) is 10.2 Å². The molecular formula is C23H29N3O5S. The lowest BCUT2D eigenvalue weighted by molar-refractivity contribution is -0.116. The Labute approximate surface area is 191 Å². The van der Waals surface area contributed by atoms with Crippen molar-refractivity contribution >= 4 is 28.3 Å². The standard InChI is InChI=1S/C23H29N3O5S/c1-12(8-10-16(27)24-22-26-25-21(32-22)23(3,4)5)7-9-14-18(28)17-15(11-31-20(17)29)13(2)19(14)30-6/h7,28H,8-11H2,1-6H3,(H,24,26,27). The van der Waals surface area contributed by atoms with Gasteiger partial charge in [0.05, 0.1) is 7.11 Å². The smallest absolute Gasteiger partial charge is 0.342 e. The molecule has 172 valence electrons. The molecule has 1 aliphatic heterocycles. The van der Waals surface area contributed by atoms with Gasteiger partial charge in [-0.25, -0.2) is 4.79 Å². The van der Waals surface area contributed by atoms with Crippen molar-refractivity contribution in [3.8, 4) is 11.5 Å². The highest BCUT2D eigenvalue weighted by molar-refractivity contribution is 7.15. The van der Waals surface area contributed by atoms with Crippen molar-refractivity contribution in [2.45, 2.75) is 65.9 Å². The second-order valence-electron chi connectivity index (χ2n) is 8.88. The number of aromatic nitrogens is 2. The van der Waals surface area contributed by atoms with Crippen molar-refractivity contribution in [3.05, 3.63) is 38.9 Å². The summed E-state index contributed by atoms with van der Waals surface area (Å²) in [4.78, 5) is 24.3. The minimum absolute atomic E-state index is 0.0994. The molecule has 0 unspecified atom stereocenters. The normalized spacial score (nSPS) is 13.7. The Morgan fingerprint density at radius 1 is 1.31 bits per heavy atom. The highest BCUT2D eigenvalue weighted by Crippen LogP contribution is 2.42. The Kier molecular flexibility index (Phi) is 6.88. The van der Waals surface area contributed by atoms with Crippen LogP contribution < -0.4 is 10.1 Å². The number of ether oxygens (including phenoxy) is 2. The molecule has 0 saturated carbocycles. The maximum Gasteiger partial charge on any atom is 0.342 e. The van der Waals surface area contributed by atoms with Crippen LogP contribution in [-0.4, -0.2) is 34.3 Å².